The molecule has 0 saturated carbocycles. The van der Waals surface area contributed by atoms with E-state index in [-0.39, 0.29) is 18.1 Å². The Kier molecular flexibility index (Phi) is 4.52. The molecule has 8 heteroatoms. The minimum atomic E-state index is -0.274. The van der Waals surface area contributed by atoms with Gasteiger partial charge in [-0.2, -0.15) is 5.10 Å². The largest absolute Gasteiger partial charge is 0.482 e. The molecule has 0 spiro atoms. The van der Waals surface area contributed by atoms with Crippen molar-refractivity contribution in [2.75, 3.05) is 13.2 Å². The average Bonchev–Trinajstić information content (AvgIpc) is 3.18. The van der Waals surface area contributed by atoms with E-state index in [0.717, 1.165) is 6.54 Å². The van der Waals surface area contributed by atoms with Gasteiger partial charge in [-0.25, -0.2) is 4.98 Å². The molecule has 1 N–H and O–H groups in total. The zero-order chi connectivity index (χ0) is 16.2. The Morgan fingerprint density at radius 2 is 2.26 bits per heavy atom. The highest BCUT2D eigenvalue weighted by molar-refractivity contribution is 5.93. The Labute approximate surface area is 133 Å². The smallest absolute Gasteiger partial charge is 0.272 e. The van der Waals surface area contributed by atoms with Crippen molar-refractivity contribution < 1.29 is 14.3 Å². The maximum Gasteiger partial charge on any atom is 0.272 e. The average molecular weight is 317 g/mol. The molecule has 0 unspecified atom stereocenters. The van der Waals surface area contributed by atoms with Gasteiger partial charge in [0.15, 0.2) is 5.75 Å². The van der Waals surface area contributed by atoms with Crippen LogP contribution in [-0.2, 0) is 11.3 Å². The first-order valence-corrected chi connectivity index (χ1v) is 7.52. The molecule has 1 amide bonds. The molecule has 1 saturated heterocycles. The van der Waals surface area contributed by atoms with Crippen LogP contribution >= 0.6 is 0 Å². The SMILES string of the molecule is CCn1cc(O[C@@H]2COC[C@@H]2NC(=O)c2nccnc2C)cn1. The Balaban J connectivity index is 1.65. The topological polar surface area (TPSA) is 91.2 Å². The molecule has 1 aliphatic heterocycles. The van der Waals surface area contributed by atoms with Gasteiger partial charge in [0.05, 0.1) is 37.3 Å². The summed E-state index contributed by atoms with van der Waals surface area (Å²) in [6.45, 7) is 5.35. The Morgan fingerprint density at radius 1 is 1.43 bits per heavy atom. The third kappa shape index (κ3) is 3.48. The first-order chi connectivity index (χ1) is 11.2. The summed E-state index contributed by atoms with van der Waals surface area (Å²) in [5.41, 5.74) is 0.905. The zero-order valence-corrected chi connectivity index (χ0v) is 13.1. The van der Waals surface area contributed by atoms with Gasteiger partial charge in [0.25, 0.3) is 5.91 Å². The number of nitrogens with zero attached hydrogens (tertiary/aromatic N) is 4. The fourth-order valence-corrected chi connectivity index (χ4v) is 2.41. The number of aryl methyl sites for hydroxylation is 2. The van der Waals surface area contributed by atoms with Crippen molar-refractivity contribution in [2.45, 2.75) is 32.5 Å². The van der Waals surface area contributed by atoms with Crippen LogP contribution in [-0.4, -0.2) is 51.0 Å². The fourth-order valence-electron chi connectivity index (χ4n) is 2.41. The van der Waals surface area contributed by atoms with E-state index in [1.165, 1.54) is 6.20 Å². The summed E-state index contributed by atoms with van der Waals surface area (Å²) in [5, 5.41) is 7.08. The van der Waals surface area contributed by atoms with Crippen molar-refractivity contribution in [2.24, 2.45) is 0 Å². The summed E-state index contributed by atoms with van der Waals surface area (Å²) in [6.07, 6.45) is 6.28. The monoisotopic (exact) mass is 317 g/mol. The Hall–Kier alpha value is -2.48. The first-order valence-electron chi connectivity index (χ1n) is 7.52. The summed E-state index contributed by atoms with van der Waals surface area (Å²) in [7, 11) is 0. The van der Waals surface area contributed by atoms with Crippen molar-refractivity contribution in [3.63, 3.8) is 0 Å². The normalized spacial score (nSPS) is 20.4. The van der Waals surface area contributed by atoms with Gasteiger partial charge in [-0.05, 0) is 13.8 Å². The second kappa shape index (κ2) is 6.74. The molecule has 122 valence electrons. The summed E-state index contributed by atoms with van der Waals surface area (Å²) >= 11 is 0. The lowest BCUT2D eigenvalue weighted by Crippen LogP contribution is -2.45. The van der Waals surface area contributed by atoms with Crippen molar-refractivity contribution in [1.82, 2.24) is 25.1 Å². The van der Waals surface area contributed by atoms with Gasteiger partial charge in [-0.15, -0.1) is 0 Å². The molecule has 3 heterocycles. The quantitative estimate of drug-likeness (QED) is 0.867. The van der Waals surface area contributed by atoms with Crippen LogP contribution in [0.15, 0.2) is 24.8 Å². The van der Waals surface area contributed by atoms with Crippen molar-refractivity contribution in [3.8, 4) is 5.75 Å². The van der Waals surface area contributed by atoms with Gasteiger partial charge in [0.2, 0.25) is 0 Å². The molecule has 2 aromatic heterocycles. The number of hydrogen-bond donors (Lipinski definition) is 1. The molecular formula is C15H19N5O3. The zero-order valence-electron chi connectivity index (χ0n) is 13.1. The first kappa shape index (κ1) is 15.4. The number of rotatable bonds is 5. The van der Waals surface area contributed by atoms with Crippen molar-refractivity contribution in [3.05, 3.63) is 36.2 Å². The molecule has 23 heavy (non-hydrogen) atoms. The highest BCUT2D eigenvalue weighted by Crippen LogP contribution is 2.17. The van der Waals surface area contributed by atoms with Gasteiger partial charge in [-0.3, -0.25) is 14.5 Å². The summed E-state index contributed by atoms with van der Waals surface area (Å²) in [5.74, 6) is 0.390. The van der Waals surface area contributed by atoms with Gasteiger partial charge >= 0.3 is 0 Å². The molecular weight excluding hydrogens is 298 g/mol. The van der Waals surface area contributed by atoms with E-state index in [4.69, 9.17) is 9.47 Å². The Bertz CT molecular complexity index is 687. The van der Waals surface area contributed by atoms with E-state index in [9.17, 15) is 4.79 Å². The maximum absolute atomic E-state index is 12.3. The second-order valence-electron chi connectivity index (χ2n) is 5.30. The molecule has 0 radical (unpaired) electrons. The molecule has 8 nitrogen and oxygen atoms in total. The summed E-state index contributed by atoms with van der Waals surface area (Å²) in [6, 6.07) is -0.242. The van der Waals surface area contributed by atoms with Gasteiger partial charge in [0, 0.05) is 18.9 Å². The minimum absolute atomic E-state index is 0.242. The van der Waals surface area contributed by atoms with Crippen LogP contribution in [0.5, 0.6) is 5.75 Å². The predicted molar refractivity (Wildman–Crippen MR) is 81.2 cm³/mol. The van der Waals surface area contributed by atoms with E-state index in [1.54, 1.807) is 24.0 Å². The van der Waals surface area contributed by atoms with E-state index in [0.29, 0.717) is 30.4 Å². The van der Waals surface area contributed by atoms with E-state index < -0.39 is 0 Å². The number of carbonyl (C=O) groups is 1. The molecule has 1 fully saturated rings. The number of carbonyl (C=O) groups excluding carboxylic acids is 1. The molecule has 2 atom stereocenters. The standard InChI is InChI=1S/C15H19N5O3/c1-3-20-7-11(6-18-20)23-13-9-22-8-12(13)19-15(21)14-10(2)16-4-5-17-14/h4-7,12-13H,3,8-9H2,1-2H3,(H,19,21)/t12-,13+/m0/s1. The van der Waals surface area contributed by atoms with E-state index in [1.807, 2.05) is 13.1 Å². The number of nitrogens with one attached hydrogen (secondary N) is 1. The third-order valence-electron chi connectivity index (χ3n) is 3.66. The molecule has 3 rings (SSSR count). The molecule has 0 aromatic carbocycles. The highest BCUT2D eigenvalue weighted by Gasteiger charge is 2.32. The van der Waals surface area contributed by atoms with Crippen LogP contribution in [0.25, 0.3) is 0 Å². The van der Waals surface area contributed by atoms with Crippen LogP contribution in [0.2, 0.25) is 0 Å². The molecule has 1 aliphatic rings. The van der Waals surface area contributed by atoms with Crippen LogP contribution in [0.4, 0.5) is 0 Å². The molecule has 0 bridgehead atoms. The maximum atomic E-state index is 12.3. The number of aromatic nitrogens is 4. The number of hydrogen-bond acceptors (Lipinski definition) is 6. The summed E-state index contributed by atoms with van der Waals surface area (Å²) in [4.78, 5) is 20.5. The number of ether oxygens (including phenoxy) is 2. The summed E-state index contributed by atoms with van der Waals surface area (Å²) < 4.78 is 13.1. The van der Waals surface area contributed by atoms with Crippen LogP contribution < -0.4 is 10.1 Å². The lowest BCUT2D eigenvalue weighted by atomic mass is 10.2. The predicted octanol–water partition coefficient (Wildman–Crippen LogP) is 0.578. The van der Waals surface area contributed by atoms with Gasteiger partial charge in [0.1, 0.15) is 11.8 Å². The molecule has 0 aliphatic carbocycles. The second-order valence-corrected chi connectivity index (χ2v) is 5.30. The van der Waals surface area contributed by atoms with Crippen molar-refractivity contribution >= 4 is 5.91 Å². The lowest BCUT2D eigenvalue weighted by Gasteiger charge is -2.19. The van der Waals surface area contributed by atoms with Gasteiger partial charge in [-0.1, -0.05) is 0 Å². The van der Waals surface area contributed by atoms with Crippen LogP contribution in [0, 0.1) is 6.92 Å². The van der Waals surface area contributed by atoms with Gasteiger partial charge < -0.3 is 14.8 Å². The van der Waals surface area contributed by atoms with Crippen LogP contribution in [0.3, 0.4) is 0 Å². The lowest BCUT2D eigenvalue weighted by molar-refractivity contribution is 0.0898. The Morgan fingerprint density at radius 3 is 3.00 bits per heavy atom. The highest BCUT2D eigenvalue weighted by atomic mass is 16.5. The van der Waals surface area contributed by atoms with E-state index in [2.05, 4.69) is 20.4 Å². The van der Waals surface area contributed by atoms with E-state index >= 15 is 0 Å². The molecule has 2 aromatic rings. The number of amides is 1. The van der Waals surface area contributed by atoms with Crippen LogP contribution in [0.1, 0.15) is 23.1 Å². The minimum Gasteiger partial charge on any atom is -0.482 e. The fraction of sp³-hybridized carbons (Fsp3) is 0.467. The third-order valence-corrected chi connectivity index (χ3v) is 3.66. The van der Waals surface area contributed by atoms with Crippen molar-refractivity contribution in [1.29, 1.82) is 0 Å².